The van der Waals surface area contributed by atoms with Gasteiger partial charge in [0.25, 0.3) is 0 Å². The number of nitrogens with zero attached hydrogens (tertiary/aromatic N) is 2. The molecule has 0 radical (unpaired) electrons. The number of ether oxygens (including phenoxy) is 1. The van der Waals surface area contributed by atoms with Gasteiger partial charge in [0.1, 0.15) is 5.75 Å². The zero-order chi connectivity index (χ0) is 16.2. The van der Waals surface area contributed by atoms with Crippen LogP contribution in [-0.2, 0) is 6.54 Å². The molecule has 2 heterocycles. The Morgan fingerprint density at radius 2 is 2.04 bits per heavy atom. The Morgan fingerprint density at radius 3 is 2.78 bits per heavy atom. The minimum absolute atomic E-state index is 0.485. The molecule has 1 aliphatic rings. The third kappa shape index (κ3) is 3.40. The Morgan fingerprint density at radius 1 is 1.17 bits per heavy atom. The summed E-state index contributed by atoms with van der Waals surface area (Å²) in [4.78, 5) is 6.92. The van der Waals surface area contributed by atoms with Crippen molar-refractivity contribution in [1.29, 1.82) is 0 Å². The molecular weight excluding hydrogens is 284 g/mol. The molecule has 23 heavy (non-hydrogen) atoms. The molecule has 3 nitrogen and oxygen atoms in total. The smallest absolute Gasteiger partial charge is 0.122 e. The predicted molar refractivity (Wildman–Crippen MR) is 93.7 cm³/mol. The van der Waals surface area contributed by atoms with Crippen molar-refractivity contribution in [2.45, 2.75) is 45.7 Å². The van der Waals surface area contributed by atoms with Crippen LogP contribution in [0.25, 0.3) is 0 Å². The van der Waals surface area contributed by atoms with E-state index in [2.05, 4.69) is 41.9 Å². The Bertz CT molecular complexity index is 654. The maximum atomic E-state index is 5.44. The first-order valence-corrected chi connectivity index (χ1v) is 8.47. The molecule has 1 aliphatic heterocycles. The maximum Gasteiger partial charge on any atom is 0.122 e. The number of piperidine rings is 1. The topological polar surface area (TPSA) is 25.4 Å². The largest absolute Gasteiger partial charge is 0.496 e. The third-order valence-corrected chi connectivity index (χ3v) is 5.13. The minimum Gasteiger partial charge on any atom is -0.496 e. The SMILES string of the molecule is COc1ccc(CN2CCCCC2c2cccnc2)c(C)c1C. The molecule has 0 amide bonds. The van der Waals surface area contributed by atoms with E-state index in [9.17, 15) is 0 Å². The fraction of sp³-hybridized carbons (Fsp3) is 0.450. The standard InChI is InChI=1S/C20H26N2O/c1-15-16(2)20(23-3)10-9-18(15)14-22-12-5-4-8-19(22)17-7-6-11-21-13-17/h6-7,9-11,13,19H,4-5,8,12,14H2,1-3H3. The van der Waals surface area contributed by atoms with Gasteiger partial charge in [-0.1, -0.05) is 18.6 Å². The molecule has 1 aromatic heterocycles. The molecule has 1 aromatic carbocycles. The number of methoxy groups -OCH3 is 1. The molecule has 0 N–H and O–H groups in total. The molecule has 0 saturated carbocycles. The Hall–Kier alpha value is -1.87. The lowest BCUT2D eigenvalue weighted by Crippen LogP contribution is -2.33. The normalized spacial score (nSPS) is 18.8. The van der Waals surface area contributed by atoms with Crippen LogP contribution in [0, 0.1) is 13.8 Å². The number of hydrogen-bond acceptors (Lipinski definition) is 3. The summed E-state index contributed by atoms with van der Waals surface area (Å²) in [5.74, 6) is 0.980. The number of rotatable bonds is 4. The van der Waals surface area contributed by atoms with Gasteiger partial charge in [0.15, 0.2) is 0 Å². The van der Waals surface area contributed by atoms with E-state index in [1.165, 1.54) is 41.5 Å². The summed E-state index contributed by atoms with van der Waals surface area (Å²) in [7, 11) is 1.74. The summed E-state index contributed by atoms with van der Waals surface area (Å²) in [5.41, 5.74) is 5.34. The lowest BCUT2D eigenvalue weighted by molar-refractivity contribution is 0.140. The summed E-state index contributed by atoms with van der Waals surface area (Å²) in [6.45, 7) is 6.50. The number of hydrogen-bond donors (Lipinski definition) is 0. The first kappa shape index (κ1) is 16.0. The van der Waals surface area contributed by atoms with Crippen molar-refractivity contribution in [1.82, 2.24) is 9.88 Å². The van der Waals surface area contributed by atoms with E-state index in [1.807, 2.05) is 18.5 Å². The van der Waals surface area contributed by atoms with Gasteiger partial charge in [-0.15, -0.1) is 0 Å². The second-order valence-corrected chi connectivity index (χ2v) is 6.45. The van der Waals surface area contributed by atoms with E-state index >= 15 is 0 Å². The Kier molecular flexibility index (Phi) is 4.97. The van der Waals surface area contributed by atoms with Crippen LogP contribution in [0.15, 0.2) is 36.7 Å². The zero-order valence-corrected chi connectivity index (χ0v) is 14.4. The number of benzene rings is 1. The zero-order valence-electron chi connectivity index (χ0n) is 14.4. The highest BCUT2D eigenvalue weighted by molar-refractivity contribution is 5.43. The molecule has 1 atom stereocenters. The number of pyridine rings is 1. The van der Waals surface area contributed by atoms with Gasteiger partial charge in [-0.25, -0.2) is 0 Å². The Labute approximate surface area is 139 Å². The fourth-order valence-electron chi connectivity index (χ4n) is 3.59. The second kappa shape index (κ2) is 7.14. The highest BCUT2D eigenvalue weighted by Gasteiger charge is 2.24. The van der Waals surface area contributed by atoms with Crippen LogP contribution in [0.3, 0.4) is 0 Å². The third-order valence-electron chi connectivity index (χ3n) is 5.13. The van der Waals surface area contributed by atoms with Crippen molar-refractivity contribution in [3.05, 3.63) is 58.9 Å². The quantitative estimate of drug-likeness (QED) is 0.835. The van der Waals surface area contributed by atoms with E-state index in [1.54, 1.807) is 7.11 Å². The summed E-state index contributed by atoms with van der Waals surface area (Å²) in [6, 6.07) is 9.06. The van der Waals surface area contributed by atoms with Crippen LogP contribution in [0.2, 0.25) is 0 Å². The van der Waals surface area contributed by atoms with Crippen LogP contribution in [0.5, 0.6) is 5.75 Å². The predicted octanol–water partition coefficient (Wildman–Crippen LogP) is 4.43. The lowest BCUT2D eigenvalue weighted by Gasteiger charge is -2.36. The fourth-order valence-corrected chi connectivity index (χ4v) is 3.59. The molecule has 3 heteroatoms. The average molecular weight is 310 g/mol. The van der Waals surface area contributed by atoms with Gasteiger partial charge >= 0.3 is 0 Å². The van der Waals surface area contributed by atoms with Crippen molar-refractivity contribution in [2.24, 2.45) is 0 Å². The molecule has 0 bridgehead atoms. The monoisotopic (exact) mass is 310 g/mol. The molecule has 2 aromatic rings. The first-order valence-electron chi connectivity index (χ1n) is 8.47. The van der Waals surface area contributed by atoms with Crippen molar-refractivity contribution in [3.63, 3.8) is 0 Å². The van der Waals surface area contributed by atoms with Crippen LogP contribution >= 0.6 is 0 Å². The number of likely N-dealkylation sites (tertiary alicyclic amines) is 1. The van der Waals surface area contributed by atoms with E-state index in [0.29, 0.717) is 6.04 Å². The first-order chi connectivity index (χ1) is 11.2. The lowest BCUT2D eigenvalue weighted by atomic mass is 9.94. The van der Waals surface area contributed by atoms with Gasteiger partial charge in [-0.2, -0.15) is 0 Å². The van der Waals surface area contributed by atoms with Gasteiger partial charge in [-0.05, 0) is 67.6 Å². The van der Waals surface area contributed by atoms with Gasteiger partial charge in [0.05, 0.1) is 7.11 Å². The molecule has 122 valence electrons. The van der Waals surface area contributed by atoms with Gasteiger partial charge < -0.3 is 4.74 Å². The van der Waals surface area contributed by atoms with E-state index in [-0.39, 0.29) is 0 Å². The van der Waals surface area contributed by atoms with Crippen molar-refractivity contribution < 1.29 is 4.74 Å². The molecule has 1 fully saturated rings. The van der Waals surface area contributed by atoms with Gasteiger partial charge in [0, 0.05) is 25.0 Å². The average Bonchev–Trinajstić information content (AvgIpc) is 2.60. The summed E-state index contributed by atoms with van der Waals surface area (Å²) >= 11 is 0. The van der Waals surface area contributed by atoms with Crippen molar-refractivity contribution in [2.75, 3.05) is 13.7 Å². The summed E-state index contributed by atoms with van der Waals surface area (Å²) in [6.07, 6.45) is 7.68. The van der Waals surface area contributed by atoms with Crippen LogP contribution < -0.4 is 4.74 Å². The van der Waals surface area contributed by atoms with Gasteiger partial charge in [-0.3, -0.25) is 9.88 Å². The van der Waals surface area contributed by atoms with Crippen LogP contribution in [0.4, 0.5) is 0 Å². The molecule has 1 unspecified atom stereocenters. The molecule has 0 aliphatic carbocycles. The molecule has 3 rings (SSSR count). The summed E-state index contributed by atoms with van der Waals surface area (Å²) < 4.78 is 5.44. The highest BCUT2D eigenvalue weighted by Crippen LogP contribution is 2.33. The summed E-state index contributed by atoms with van der Waals surface area (Å²) in [5, 5.41) is 0. The molecule has 0 spiro atoms. The van der Waals surface area contributed by atoms with E-state index < -0.39 is 0 Å². The van der Waals surface area contributed by atoms with Crippen LogP contribution in [0.1, 0.15) is 47.6 Å². The van der Waals surface area contributed by atoms with Crippen molar-refractivity contribution >= 4 is 0 Å². The van der Waals surface area contributed by atoms with E-state index in [4.69, 9.17) is 4.74 Å². The highest BCUT2D eigenvalue weighted by atomic mass is 16.5. The number of aromatic nitrogens is 1. The molecule has 1 saturated heterocycles. The van der Waals surface area contributed by atoms with Crippen LogP contribution in [-0.4, -0.2) is 23.5 Å². The van der Waals surface area contributed by atoms with Crippen molar-refractivity contribution in [3.8, 4) is 5.75 Å². The maximum absolute atomic E-state index is 5.44. The van der Waals surface area contributed by atoms with Gasteiger partial charge in [0.2, 0.25) is 0 Å². The molecular formula is C20H26N2O. The van der Waals surface area contributed by atoms with E-state index in [0.717, 1.165) is 18.8 Å². The second-order valence-electron chi connectivity index (χ2n) is 6.45. The Balaban J connectivity index is 1.84. The minimum atomic E-state index is 0.485.